The summed E-state index contributed by atoms with van der Waals surface area (Å²) < 4.78 is 45.8. The minimum atomic E-state index is -3.86. The number of nitrogens with one attached hydrogen (secondary N) is 2. The van der Waals surface area contributed by atoms with Crippen LogP contribution in [0.15, 0.2) is 65.8 Å². The van der Waals surface area contributed by atoms with E-state index in [0.717, 1.165) is 0 Å². The predicted octanol–water partition coefficient (Wildman–Crippen LogP) is 2.36. The van der Waals surface area contributed by atoms with Gasteiger partial charge in [0.1, 0.15) is 11.6 Å². The predicted molar refractivity (Wildman–Crippen MR) is 102 cm³/mol. The summed E-state index contributed by atoms with van der Waals surface area (Å²) in [5.74, 6) is -0.366. The van der Waals surface area contributed by atoms with Crippen LogP contribution in [0.25, 0.3) is 0 Å². The zero-order valence-electron chi connectivity index (χ0n) is 14.9. The Morgan fingerprint density at radius 2 is 1.83 bits per heavy atom. The van der Waals surface area contributed by atoms with Gasteiger partial charge in [0.25, 0.3) is 15.9 Å². The van der Waals surface area contributed by atoms with E-state index in [0.29, 0.717) is 17.0 Å². The number of anilines is 2. The van der Waals surface area contributed by atoms with Crippen LogP contribution in [0.3, 0.4) is 0 Å². The van der Waals surface area contributed by atoms with Crippen molar-refractivity contribution in [2.24, 2.45) is 0 Å². The van der Waals surface area contributed by atoms with Crippen molar-refractivity contribution < 1.29 is 22.3 Å². The first kappa shape index (κ1) is 18.8. The topological polar surface area (TPSA) is 110 Å². The summed E-state index contributed by atoms with van der Waals surface area (Å²) >= 11 is 0. The number of aromatic nitrogens is 2. The average molecular weight is 414 g/mol. The van der Waals surface area contributed by atoms with E-state index in [-0.39, 0.29) is 23.1 Å². The zero-order chi connectivity index (χ0) is 20.4. The summed E-state index contributed by atoms with van der Waals surface area (Å²) in [6.45, 7) is 0. The molecule has 148 valence electrons. The van der Waals surface area contributed by atoms with E-state index in [1.807, 2.05) is 0 Å². The van der Waals surface area contributed by atoms with Crippen LogP contribution in [0.2, 0.25) is 0 Å². The smallest absolute Gasteiger partial charge is 0.265 e. The Morgan fingerprint density at radius 1 is 1.10 bits per heavy atom. The van der Waals surface area contributed by atoms with E-state index in [1.54, 1.807) is 6.07 Å². The maximum atomic E-state index is 13.3. The van der Waals surface area contributed by atoms with Crippen LogP contribution in [0.5, 0.6) is 5.75 Å². The molecule has 0 saturated carbocycles. The van der Waals surface area contributed by atoms with E-state index >= 15 is 0 Å². The van der Waals surface area contributed by atoms with Crippen molar-refractivity contribution in [3.05, 3.63) is 72.3 Å². The van der Waals surface area contributed by atoms with Gasteiger partial charge in [0, 0.05) is 30.1 Å². The fraction of sp³-hybridized carbons (Fsp3) is 0.105. The third kappa shape index (κ3) is 4.16. The first-order chi connectivity index (χ1) is 13.9. The lowest BCUT2D eigenvalue weighted by Gasteiger charge is -2.12. The van der Waals surface area contributed by atoms with E-state index in [9.17, 15) is 17.6 Å². The lowest BCUT2D eigenvalue weighted by Crippen LogP contribution is -2.31. The molecule has 10 heteroatoms. The monoisotopic (exact) mass is 414 g/mol. The number of ether oxygens (including phenoxy) is 1. The molecule has 1 aromatic heterocycles. The summed E-state index contributed by atoms with van der Waals surface area (Å²) in [4.78, 5) is 20.0. The first-order valence-electron chi connectivity index (χ1n) is 8.56. The number of amides is 1. The fourth-order valence-corrected chi connectivity index (χ4v) is 3.79. The number of carbonyl (C=O) groups excluding carboxylic acids is 1. The second kappa shape index (κ2) is 7.47. The molecule has 0 aliphatic carbocycles. The van der Waals surface area contributed by atoms with Gasteiger partial charge in [-0.1, -0.05) is 0 Å². The van der Waals surface area contributed by atoms with Crippen molar-refractivity contribution in [2.75, 3.05) is 10.0 Å². The number of sulfonamides is 1. The van der Waals surface area contributed by atoms with Gasteiger partial charge >= 0.3 is 0 Å². The lowest BCUT2D eigenvalue weighted by atomic mass is 10.1. The quantitative estimate of drug-likeness (QED) is 0.663. The molecule has 2 N–H and O–H groups in total. The molecule has 0 saturated heterocycles. The third-order valence-electron chi connectivity index (χ3n) is 4.21. The first-order valence-corrected chi connectivity index (χ1v) is 10.0. The van der Waals surface area contributed by atoms with Gasteiger partial charge in [-0.3, -0.25) is 4.79 Å². The molecule has 29 heavy (non-hydrogen) atoms. The Labute approximate surface area is 165 Å². The van der Waals surface area contributed by atoms with Gasteiger partial charge in [0.15, 0.2) is 6.10 Å². The molecule has 1 aliphatic heterocycles. The van der Waals surface area contributed by atoms with Gasteiger partial charge in [-0.05, 0) is 48.5 Å². The molecule has 0 bridgehead atoms. The molecule has 8 nitrogen and oxygen atoms in total. The largest absolute Gasteiger partial charge is 0.480 e. The van der Waals surface area contributed by atoms with Gasteiger partial charge in [0.05, 0.1) is 4.90 Å². The number of benzene rings is 2. The van der Waals surface area contributed by atoms with Crippen LogP contribution in [-0.2, 0) is 21.2 Å². The molecule has 1 unspecified atom stereocenters. The van der Waals surface area contributed by atoms with E-state index in [1.165, 1.54) is 54.9 Å². The van der Waals surface area contributed by atoms with Gasteiger partial charge in [0.2, 0.25) is 5.95 Å². The second-order valence-corrected chi connectivity index (χ2v) is 7.94. The summed E-state index contributed by atoms with van der Waals surface area (Å²) in [5.41, 5.74) is 1.02. The third-order valence-corrected chi connectivity index (χ3v) is 5.56. The number of carbonyl (C=O) groups is 1. The molecular formula is C19H15FN4O4S. The number of hydrogen-bond acceptors (Lipinski definition) is 6. The van der Waals surface area contributed by atoms with Gasteiger partial charge in [-0.15, -0.1) is 0 Å². The second-order valence-electron chi connectivity index (χ2n) is 6.25. The number of fused-ring (bicyclic) bond motifs is 1. The van der Waals surface area contributed by atoms with Crippen molar-refractivity contribution in [3.8, 4) is 5.75 Å². The van der Waals surface area contributed by atoms with Crippen LogP contribution < -0.4 is 14.8 Å². The number of rotatable bonds is 5. The molecule has 0 radical (unpaired) electrons. The van der Waals surface area contributed by atoms with Gasteiger partial charge in [-0.2, -0.15) is 0 Å². The molecule has 1 aliphatic rings. The van der Waals surface area contributed by atoms with Gasteiger partial charge < -0.3 is 10.1 Å². The Hall–Kier alpha value is -3.53. The standard InChI is InChI=1S/C19H15FN4O4S/c20-13-2-7-16-12(10-13)11-17(28-16)18(25)23-14-3-5-15(6-4-14)29(26,27)24-19-21-8-1-9-22-19/h1-10,17H,11H2,(H,23,25)(H,21,22,24). The van der Waals surface area contributed by atoms with Crippen molar-refractivity contribution in [1.29, 1.82) is 0 Å². The summed E-state index contributed by atoms with van der Waals surface area (Å²) in [6.07, 6.45) is 2.31. The Balaban J connectivity index is 1.41. The average Bonchev–Trinajstić information content (AvgIpc) is 3.12. The highest BCUT2D eigenvalue weighted by Crippen LogP contribution is 2.29. The van der Waals surface area contributed by atoms with E-state index < -0.39 is 22.0 Å². The lowest BCUT2D eigenvalue weighted by molar-refractivity contribution is -0.122. The summed E-state index contributed by atoms with van der Waals surface area (Å²) in [6, 6.07) is 11.3. The summed E-state index contributed by atoms with van der Waals surface area (Å²) in [7, 11) is -3.86. The molecule has 1 amide bonds. The highest BCUT2D eigenvalue weighted by atomic mass is 32.2. The van der Waals surface area contributed by atoms with Crippen molar-refractivity contribution in [1.82, 2.24) is 9.97 Å². The highest BCUT2D eigenvalue weighted by molar-refractivity contribution is 7.92. The van der Waals surface area contributed by atoms with E-state index in [4.69, 9.17) is 4.74 Å². The fourth-order valence-electron chi connectivity index (χ4n) is 2.83. The summed E-state index contributed by atoms with van der Waals surface area (Å²) in [5, 5.41) is 2.66. The Bertz CT molecular complexity index is 1150. The minimum Gasteiger partial charge on any atom is -0.480 e. The van der Waals surface area contributed by atoms with E-state index in [2.05, 4.69) is 20.0 Å². The zero-order valence-corrected chi connectivity index (χ0v) is 15.7. The molecule has 0 spiro atoms. The minimum absolute atomic E-state index is 0.0112. The van der Waals surface area contributed by atoms with Crippen molar-refractivity contribution in [2.45, 2.75) is 17.4 Å². The molecule has 2 aromatic carbocycles. The van der Waals surface area contributed by atoms with Crippen LogP contribution in [0, 0.1) is 5.82 Å². The maximum absolute atomic E-state index is 13.3. The van der Waals surface area contributed by atoms with Crippen LogP contribution in [-0.4, -0.2) is 30.4 Å². The molecule has 2 heterocycles. The van der Waals surface area contributed by atoms with Crippen LogP contribution in [0.1, 0.15) is 5.56 Å². The number of hydrogen-bond donors (Lipinski definition) is 2. The number of nitrogens with zero attached hydrogens (tertiary/aromatic N) is 2. The highest BCUT2D eigenvalue weighted by Gasteiger charge is 2.29. The molecule has 0 fully saturated rings. The normalized spacial score (nSPS) is 15.3. The van der Waals surface area contributed by atoms with Crippen molar-refractivity contribution in [3.63, 3.8) is 0 Å². The SMILES string of the molecule is O=C(Nc1ccc(S(=O)(=O)Nc2ncccn2)cc1)C1Cc2cc(F)ccc2O1. The van der Waals surface area contributed by atoms with Gasteiger partial charge in [-0.25, -0.2) is 27.5 Å². The van der Waals surface area contributed by atoms with Crippen LogP contribution >= 0.6 is 0 Å². The Kier molecular flexibility index (Phi) is 4.85. The molecule has 1 atom stereocenters. The van der Waals surface area contributed by atoms with Crippen LogP contribution in [0.4, 0.5) is 16.0 Å². The Morgan fingerprint density at radius 3 is 2.55 bits per heavy atom. The number of halogens is 1. The molecule has 4 rings (SSSR count). The molecular weight excluding hydrogens is 399 g/mol. The molecule has 3 aromatic rings. The maximum Gasteiger partial charge on any atom is 0.265 e. The van der Waals surface area contributed by atoms with Crippen molar-refractivity contribution >= 4 is 27.6 Å².